The summed E-state index contributed by atoms with van der Waals surface area (Å²) in [6, 6.07) is 12.9. The van der Waals surface area contributed by atoms with Crippen LogP contribution in [0.2, 0.25) is 5.02 Å². The molecule has 0 aliphatic carbocycles. The van der Waals surface area contributed by atoms with Crippen molar-refractivity contribution < 1.29 is 0 Å². The van der Waals surface area contributed by atoms with Gasteiger partial charge in [-0.25, -0.2) is 0 Å². The normalized spacial score (nSPS) is 21.5. The number of nitrogens with zero attached hydrogens (tertiary/aromatic N) is 2. The van der Waals surface area contributed by atoms with Gasteiger partial charge < -0.3 is 4.98 Å². The Bertz CT molecular complexity index is 1040. The highest BCUT2D eigenvalue weighted by atomic mass is 35.5. The molecule has 4 heteroatoms. The monoisotopic (exact) mass is 417 g/mol. The topological polar surface area (TPSA) is 31.9 Å². The standard InChI is InChI=1S/C26H28ClN3/c1-2-3-18-14-23-15-21(10-13-30(23)17-18)24-16-29-26(20-4-6-22(27)7-5-20)25(24)19-8-11-28-12-9-19/h4-9,11-12,15-16,18,23,29H,2-3,10,13-14,17H2,1H3. The molecule has 1 fully saturated rings. The van der Waals surface area contributed by atoms with Crippen LogP contribution in [0.1, 0.15) is 38.2 Å². The van der Waals surface area contributed by atoms with Gasteiger partial charge in [0.05, 0.1) is 5.69 Å². The van der Waals surface area contributed by atoms with Crippen molar-refractivity contribution in [3.8, 4) is 22.4 Å². The molecule has 0 amide bonds. The second-order valence-corrected chi connectivity index (χ2v) is 9.03. The van der Waals surface area contributed by atoms with E-state index in [9.17, 15) is 0 Å². The van der Waals surface area contributed by atoms with Gasteiger partial charge in [0.15, 0.2) is 0 Å². The number of aromatic amines is 1. The predicted molar refractivity (Wildman–Crippen MR) is 125 cm³/mol. The maximum atomic E-state index is 6.14. The molecule has 1 saturated heterocycles. The molecule has 1 aromatic carbocycles. The molecule has 0 bridgehead atoms. The van der Waals surface area contributed by atoms with Gasteiger partial charge in [0.1, 0.15) is 0 Å². The first-order valence-corrected chi connectivity index (χ1v) is 11.4. The highest BCUT2D eigenvalue weighted by Gasteiger charge is 2.33. The van der Waals surface area contributed by atoms with Gasteiger partial charge in [-0.2, -0.15) is 0 Å². The summed E-state index contributed by atoms with van der Waals surface area (Å²) in [6.07, 6.45) is 13.5. The van der Waals surface area contributed by atoms with Crippen molar-refractivity contribution >= 4 is 17.2 Å². The lowest BCUT2D eigenvalue weighted by Gasteiger charge is -2.28. The lowest BCUT2D eigenvalue weighted by atomic mass is 9.90. The van der Waals surface area contributed by atoms with Crippen LogP contribution in [0.4, 0.5) is 0 Å². The van der Waals surface area contributed by atoms with E-state index in [1.165, 1.54) is 48.1 Å². The fourth-order valence-electron chi connectivity index (χ4n) is 5.22. The van der Waals surface area contributed by atoms with E-state index in [1.807, 2.05) is 24.5 Å². The quantitative estimate of drug-likeness (QED) is 0.502. The first kappa shape index (κ1) is 19.6. The highest BCUT2D eigenvalue weighted by Crippen LogP contribution is 2.41. The molecule has 1 N–H and O–H groups in total. The molecule has 5 rings (SSSR count). The Morgan fingerprint density at radius 3 is 2.67 bits per heavy atom. The lowest BCUT2D eigenvalue weighted by Crippen LogP contribution is -2.32. The summed E-state index contributed by atoms with van der Waals surface area (Å²) in [5, 5.41) is 0.758. The number of benzene rings is 1. The molecule has 2 aliphatic rings. The zero-order valence-corrected chi connectivity index (χ0v) is 18.2. The van der Waals surface area contributed by atoms with Gasteiger partial charge in [-0.05, 0) is 66.1 Å². The average Bonchev–Trinajstić information content (AvgIpc) is 3.38. The molecule has 154 valence electrons. The van der Waals surface area contributed by atoms with Gasteiger partial charge in [-0.3, -0.25) is 9.88 Å². The molecule has 3 aromatic rings. The van der Waals surface area contributed by atoms with Crippen molar-refractivity contribution in [1.29, 1.82) is 0 Å². The van der Waals surface area contributed by atoms with Crippen LogP contribution in [-0.2, 0) is 0 Å². The van der Waals surface area contributed by atoms with Crippen LogP contribution in [-0.4, -0.2) is 34.0 Å². The fourth-order valence-corrected chi connectivity index (χ4v) is 5.35. The van der Waals surface area contributed by atoms with Crippen LogP contribution in [0, 0.1) is 5.92 Å². The maximum Gasteiger partial charge on any atom is 0.0539 e. The van der Waals surface area contributed by atoms with E-state index in [4.69, 9.17) is 11.6 Å². The Balaban J connectivity index is 1.56. The van der Waals surface area contributed by atoms with Gasteiger partial charge in [0, 0.05) is 53.9 Å². The Morgan fingerprint density at radius 2 is 1.90 bits per heavy atom. The van der Waals surface area contributed by atoms with Crippen LogP contribution in [0.25, 0.3) is 28.0 Å². The van der Waals surface area contributed by atoms with Crippen molar-refractivity contribution in [2.45, 2.75) is 38.6 Å². The minimum atomic E-state index is 0.587. The van der Waals surface area contributed by atoms with E-state index in [1.54, 1.807) is 0 Å². The number of rotatable bonds is 5. The minimum Gasteiger partial charge on any atom is -0.360 e. The van der Waals surface area contributed by atoms with Crippen LogP contribution in [0.15, 0.2) is 61.1 Å². The zero-order valence-electron chi connectivity index (χ0n) is 17.4. The summed E-state index contributed by atoms with van der Waals surface area (Å²) in [6.45, 7) is 4.73. The first-order valence-electron chi connectivity index (χ1n) is 11.1. The van der Waals surface area contributed by atoms with Crippen molar-refractivity contribution in [1.82, 2.24) is 14.9 Å². The fraction of sp³-hybridized carbons (Fsp3) is 0.346. The van der Waals surface area contributed by atoms with Gasteiger partial charge in [-0.15, -0.1) is 0 Å². The Hall–Kier alpha value is -2.36. The molecule has 0 saturated carbocycles. The summed E-state index contributed by atoms with van der Waals surface area (Å²) in [5.41, 5.74) is 7.56. The van der Waals surface area contributed by atoms with Gasteiger partial charge >= 0.3 is 0 Å². The summed E-state index contributed by atoms with van der Waals surface area (Å²) in [4.78, 5) is 10.5. The molecule has 2 aliphatic heterocycles. The number of fused-ring (bicyclic) bond motifs is 1. The van der Waals surface area contributed by atoms with Crippen molar-refractivity contribution in [3.63, 3.8) is 0 Å². The largest absolute Gasteiger partial charge is 0.360 e. The number of hydrogen-bond acceptors (Lipinski definition) is 2. The molecule has 2 atom stereocenters. The molecule has 4 heterocycles. The second-order valence-electron chi connectivity index (χ2n) is 8.59. The molecule has 2 unspecified atom stereocenters. The van der Waals surface area contributed by atoms with E-state index >= 15 is 0 Å². The molecular weight excluding hydrogens is 390 g/mol. The first-order chi connectivity index (χ1) is 14.7. The number of halogens is 1. The van der Waals surface area contributed by atoms with E-state index in [0.29, 0.717) is 6.04 Å². The average molecular weight is 418 g/mol. The Kier molecular flexibility index (Phi) is 5.49. The highest BCUT2D eigenvalue weighted by molar-refractivity contribution is 6.30. The number of nitrogens with one attached hydrogen (secondary N) is 1. The number of pyridine rings is 1. The van der Waals surface area contributed by atoms with Crippen LogP contribution >= 0.6 is 11.6 Å². The molecule has 3 nitrogen and oxygen atoms in total. The van der Waals surface area contributed by atoms with Gasteiger partial charge in [-0.1, -0.05) is 43.2 Å². The number of H-pyrrole nitrogens is 1. The number of aromatic nitrogens is 2. The molecular formula is C26H28ClN3. The van der Waals surface area contributed by atoms with Crippen LogP contribution in [0.5, 0.6) is 0 Å². The second kappa shape index (κ2) is 8.41. The summed E-state index contributed by atoms with van der Waals surface area (Å²) < 4.78 is 0. The van der Waals surface area contributed by atoms with E-state index < -0.39 is 0 Å². The molecule has 0 spiro atoms. The summed E-state index contributed by atoms with van der Waals surface area (Å²) in [7, 11) is 0. The summed E-state index contributed by atoms with van der Waals surface area (Å²) >= 11 is 6.14. The van der Waals surface area contributed by atoms with E-state index in [2.05, 4.69) is 58.3 Å². The van der Waals surface area contributed by atoms with Crippen molar-refractivity contribution in [2.24, 2.45) is 5.92 Å². The van der Waals surface area contributed by atoms with Crippen molar-refractivity contribution in [3.05, 3.63) is 71.7 Å². The predicted octanol–water partition coefficient (Wildman–Crippen LogP) is 6.67. The van der Waals surface area contributed by atoms with Gasteiger partial charge in [0.25, 0.3) is 0 Å². The van der Waals surface area contributed by atoms with Gasteiger partial charge in [0.2, 0.25) is 0 Å². The smallest absolute Gasteiger partial charge is 0.0539 e. The zero-order chi connectivity index (χ0) is 20.5. The van der Waals surface area contributed by atoms with Crippen molar-refractivity contribution in [2.75, 3.05) is 13.1 Å². The maximum absolute atomic E-state index is 6.14. The van der Waals surface area contributed by atoms with E-state index in [-0.39, 0.29) is 0 Å². The van der Waals surface area contributed by atoms with Crippen LogP contribution in [0.3, 0.4) is 0 Å². The summed E-state index contributed by atoms with van der Waals surface area (Å²) in [5.74, 6) is 0.853. The number of hydrogen-bond donors (Lipinski definition) is 1. The molecule has 2 aromatic heterocycles. The SMILES string of the molecule is CCCC1CC2C=C(c3c[nH]c(-c4ccc(Cl)cc4)c3-c3ccncc3)CCN2C1. The Morgan fingerprint density at radius 1 is 1.10 bits per heavy atom. The lowest BCUT2D eigenvalue weighted by molar-refractivity contribution is 0.280. The molecule has 0 radical (unpaired) electrons. The minimum absolute atomic E-state index is 0.587. The molecule has 30 heavy (non-hydrogen) atoms. The van der Waals surface area contributed by atoms with Crippen LogP contribution < -0.4 is 0 Å². The third kappa shape index (κ3) is 3.73. The Labute approximate surface area is 183 Å². The van der Waals surface area contributed by atoms with E-state index in [0.717, 1.165) is 35.2 Å². The third-order valence-corrected chi connectivity index (χ3v) is 6.88. The third-order valence-electron chi connectivity index (χ3n) is 6.62.